The van der Waals surface area contributed by atoms with Crippen LogP contribution in [0.1, 0.15) is 12.8 Å². The minimum atomic E-state index is -0.835. The standard InChI is InChI=1S/C10H19ISi/c1-12(2,3)8-10-5-4-9(6-10)7-11/h6,9H,4-5,7-8H2,1-3H3/t9-/m0/s1. The maximum Gasteiger partial charge on any atom is 0.0483 e. The van der Waals surface area contributed by atoms with E-state index in [1.807, 2.05) is 0 Å². The van der Waals surface area contributed by atoms with E-state index >= 15 is 0 Å². The van der Waals surface area contributed by atoms with Crippen molar-refractivity contribution in [3.8, 4) is 0 Å². The first-order valence-corrected chi connectivity index (χ1v) is 10.00. The summed E-state index contributed by atoms with van der Waals surface area (Å²) in [5, 5.41) is 0. The maximum absolute atomic E-state index is 2.55. The number of alkyl halides is 1. The number of allylic oxidation sites excluding steroid dienone is 2. The number of rotatable bonds is 3. The van der Waals surface area contributed by atoms with Crippen molar-refractivity contribution >= 4 is 30.7 Å². The molecule has 0 aromatic heterocycles. The Morgan fingerprint density at radius 2 is 2.17 bits per heavy atom. The monoisotopic (exact) mass is 294 g/mol. The molecule has 0 unspecified atom stereocenters. The lowest BCUT2D eigenvalue weighted by Gasteiger charge is -2.15. The normalized spacial score (nSPS) is 24.3. The first-order valence-electron chi connectivity index (χ1n) is 4.77. The molecular weight excluding hydrogens is 275 g/mol. The summed E-state index contributed by atoms with van der Waals surface area (Å²) < 4.78 is 1.31. The average Bonchev–Trinajstić information content (AvgIpc) is 2.32. The van der Waals surface area contributed by atoms with E-state index in [1.54, 1.807) is 5.57 Å². The minimum absolute atomic E-state index is 0.835. The fourth-order valence-corrected chi connectivity index (χ4v) is 4.17. The van der Waals surface area contributed by atoms with Gasteiger partial charge in [-0.2, -0.15) is 0 Å². The van der Waals surface area contributed by atoms with Gasteiger partial charge in [-0.05, 0) is 24.8 Å². The highest BCUT2D eigenvalue weighted by Gasteiger charge is 2.20. The highest BCUT2D eigenvalue weighted by atomic mass is 127. The van der Waals surface area contributed by atoms with Gasteiger partial charge in [0.2, 0.25) is 0 Å². The van der Waals surface area contributed by atoms with Crippen molar-refractivity contribution < 1.29 is 0 Å². The van der Waals surface area contributed by atoms with E-state index in [2.05, 4.69) is 48.3 Å². The molecule has 0 heterocycles. The predicted octanol–water partition coefficient (Wildman–Crippen LogP) is 4.10. The molecule has 0 spiro atoms. The van der Waals surface area contributed by atoms with Crippen molar-refractivity contribution in [2.24, 2.45) is 5.92 Å². The van der Waals surface area contributed by atoms with Crippen LogP contribution in [0.2, 0.25) is 25.7 Å². The molecule has 0 aromatic rings. The first kappa shape index (κ1) is 10.8. The molecule has 0 N–H and O–H groups in total. The van der Waals surface area contributed by atoms with Crippen LogP contribution in [0.25, 0.3) is 0 Å². The smallest absolute Gasteiger partial charge is 0.0483 e. The lowest BCUT2D eigenvalue weighted by molar-refractivity contribution is 0.717. The van der Waals surface area contributed by atoms with Crippen LogP contribution in [-0.4, -0.2) is 12.5 Å². The molecule has 1 rings (SSSR count). The molecule has 0 aromatic carbocycles. The van der Waals surface area contributed by atoms with Crippen molar-refractivity contribution in [3.05, 3.63) is 11.6 Å². The number of hydrogen-bond donors (Lipinski definition) is 0. The van der Waals surface area contributed by atoms with E-state index in [9.17, 15) is 0 Å². The van der Waals surface area contributed by atoms with E-state index in [-0.39, 0.29) is 0 Å². The molecule has 0 nitrogen and oxygen atoms in total. The predicted molar refractivity (Wildman–Crippen MR) is 67.8 cm³/mol. The zero-order valence-corrected chi connectivity index (χ0v) is 11.5. The molecule has 12 heavy (non-hydrogen) atoms. The summed E-state index contributed by atoms with van der Waals surface area (Å²) in [6.07, 6.45) is 5.35. The van der Waals surface area contributed by atoms with Crippen LogP contribution in [0.5, 0.6) is 0 Å². The van der Waals surface area contributed by atoms with Crippen LogP contribution in [-0.2, 0) is 0 Å². The summed E-state index contributed by atoms with van der Waals surface area (Å²) >= 11 is 2.50. The van der Waals surface area contributed by atoms with E-state index in [1.165, 1.54) is 23.3 Å². The Labute approximate surface area is 91.0 Å². The Bertz CT molecular complexity index is 179. The summed E-state index contributed by atoms with van der Waals surface area (Å²) in [5.41, 5.74) is 1.76. The Morgan fingerprint density at radius 3 is 2.58 bits per heavy atom. The average molecular weight is 294 g/mol. The fraction of sp³-hybridized carbons (Fsp3) is 0.800. The summed E-state index contributed by atoms with van der Waals surface area (Å²) in [7, 11) is -0.835. The summed E-state index contributed by atoms with van der Waals surface area (Å²) in [4.78, 5) is 0. The molecule has 0 aliphatic heterocycles. The van der Waals surface area contributed by atoms with Crippen LogP contribution in [0.3, 0.4) is 0 Å². The molecule has 0 bridgehead atoms. The Morgan fingerprint density at radius 1 is 1.50 bits per heavy atom. The molecule has 70 valence electrons. The third-order valence-electron chi connectivity index (χ3n) is 2.26. The van der Waals surface area contributed by atoms with Gasteiger partial charge in [-0.1, -0.05) is 53.9 Å². The Hall–Kier alpha value is 0.687. The van der Waals surface area contributed by atoms with Gasteiger partial charge < -0.3 is 0 Å². The van der Waals surface area contributed by atoms with E-state index in [4.69, 9.17) is 0 Å². The maximum atomic E-state index is 2.55. The van der Waals surface area contributed by atoms with Gasteiger partial charge in [-0.15, -0.1) is 0 Å². The second kappa shape index (κ2) is 4.27. The van der Waals surface area contributed by atoms with Crippen LogP contribution in [0, 0.1) is 5.92 Å². The van der Waals surface area contributed by atoms with Crippen LogP contribution < -0.4 is 0 Å². The second-order valence-corrected chi connectivity index (χ2v) is 11.4. The largest absolute Gasteiger partial charge is 0.0857 e. The molecular formula is C10H19ISi. The molecule has 0 radical (unpaired) electrons. The van der Waals surface area contributed by atoms with Gasteiger partial charge in [-0.3, -0.25) is 0 Å². The molecule has 1 aliphatic rings. The third kappa shape index (κ3) is 3.60. The van der Waals surface area contributed by atoms with Crippen molar-refractivity contribution in [2.75, 3.05) is 4.43 Å². The van der Waals surface area contributed by atoms with E-state index in [0.29, 0.717) is 0 Å². The second-order valence-electron chi connectivity index (χ2n) is 5.02. The lowest BCUT2D eigenvalue weighted by atomic mass is 10.2. The molecule has 0 fully saturated rings. The van der Waals surface area contributed by atoms with Crippen molar-refractivity contribution in [1.29, 1.82) is 0 Å². The quantitative estimate of drug-likeness (QED) is 0.318. The van der Waals surface area contributed by atoms with Crippen LogP contribution in [0.4, 0.5) is 0 Å². The number of hydrogen-bond acceptors (Lipinski definition) is 0. The van der Waals surface area contributed by atoms with Crippen molar-refractivity contribution in [3.63, 3.8) is 0 Å². The highest BCUT2D eigenvalue weighted by molar-refractivity contribution is 14.1. The van der Waals surface area contributed by atoms with Gasteiger partial charge in [0.25, 0.3) is 0 Å². The zero-order valence-electron chi connectivity index (χ0n) is 8.36. The summed E-state index contributed by atoms with van der Waals surface area (Å²) in [6, 6.07) is 1.43. The van der Waals surface area contributed by atoms with Crippen LogP contribution >= 0.6 is 22.6 Å². The molecule has 0 saturated carbocycles. The molecule has 1 aliphatic carbocycles. The van der Waals surface area contributed by atoms with Gasteiger partial charge in [0.15, 0.2) is 0 Å². The van der Waals surface area contributed by atoms with Crippen molar-refractivity contribution in [1.82, 2.24) is 0 Å². The van der Waals surface area contributed by atoms with Gasteiger partial charge in [0.05, 0.1) is 0 Å². The first-order chi connectivity index (χ1) is 5.51. The van der Waals surface area contributed by atoms with Crippen molar-refractivity contribution in [2.45, 2.75) is 38.5 Å². The van der Waals surface area contributed by atoms with Gasteiger partial charge >= 0.3 is 0 Å². The molecule has 1 atom stereocenters. The Kier molecular flexibility index (Phi) is 3.83. The molecule has 0 amide bonds. The van der Waals surface area contributed by atoms with Gasteiger partial charge in [0, 0.05) is 12.5 Å². The van der Waals surface area contributed by atoms with E-state index in [0.717, 1.165) is 5.92 Å². The topological polar surface area (TPSA) is 0 Å². The van der Waals surface area contributed by atoms with Gasteiger partial charge in [-0.25, -0.2) is 0 Å². The molecule has 0 saturated heterocycles. The highest BCUT2D eigenvalue weighted by Crippen LogP contribution is 2.31. The number of halogens is 1. The third-order valence-corrected chi connectivity index (χ3v) is 4.91. The lowest BCUT2D eigenvalue weighted by Crippen LogP contribution is -2.19. The Balaban J connectivity index is 2.45. The van der Waals surface area contributed by atoms with Crippen LogP contribution in [0.15, 0.2) is 11.6 Å². The fourth-order valence-electron chi connectivity index (χ4n) is 1.82. The molecule has 2 heteroatoms. The zero-order chi connectivity index (χ0) is 9.19. The SMILES string of the molecule is C[Si](C)(C)CC1=C[C@@H](CI)CC1. The summed E-state index contributed by atoms with van der Waals surface area (Å²) in [6.45, 7) is 7.39. The van der Waals surface area contributed by atoms with E-state index < -0.39 is 8.07 Å². The summed E-state index contributed by atoms with van der Waals surface area (Å²) in [5.74, 6) is 0.900. The van der Waals surface area contributed by atoms with Gasteiger partial charge in [0.1, 0.15) is 0 Å². The minimum Gasteiger partial charge on any atom is -0.0857 e.